The first-order valence-electron chi connectivity index (χ1n) is 5.23. The van der Waals surface area contributed by atoms with E-state index in [1.54, 1.807) is 14.0 Å². The molecule has 0 bridgehead atoms. The molecule has 5 heteroatoms. The molecular formula is C10H20N2O3. The molecule has 1 aliphatic rings. The third kappa shape index (κ3) is 3.44. The van der Waals surface area contributed by atoms with Crippen LogP contribution in [0.15, 0.2) is 0 Å². The van der Waals surface area contributed by atoms with Crippen LogP contribution in [-0.2, 0) is 9.53 Å². The minimum absolute atomic E-state index is 0.211. The van der Waals surface area contributed by atoms with Gasteiger partial charge < -0.3 is 15.6 Å². The van der Waals surface area contributed by atoms with Crippen LogP contribution in [0.25, 0.3) is 0 Å². The van der Waals surface area contributed by atoms with Crippen molar-refractivity contribution >= 4 is 5.97 Å². The summed E-state index contributed by atoms with van der Waals surface area (Å²) >= 11 is 0. The van der Waals surface area contributed by atoms with Gasteiger partial charge >= 0.3 is 5.97 Å². The quantitative estimate of drug-likeness (QED) is 0.686. The SMILES string of the molecule is COC1CCCN(CC(C)(N)C(=O)O)C1. The summed E-state index contributed by atoms with van der Waals surface area (Å²) in [6, 6.07) is 0. The first kappa shape index (κ1) is 12.4. The number of likely N-dealkylation sites (tertiary alicyclic amines) is 1. The standard InChI is InChI=1S/C10H20N2O3/c1-10(11,9(13)14)7-12-5-3-4-8(6-12)15-2/h8H,3-7,11H2,1-2H3,(H,13,14). The van der Waals surface area contributed by atoms with E-state index in [1.807, 2.05) is 0 Å². The van der Waals surface area contributed by atoms with Gasteiger partial charge in [0.1, 0.15) is 5.54 Å². The van der Waals surface area contributed by atoms with Crippen LogP contribution in [0, 0.1) is 0 Å². The van der Waals surface area contributed by atoms with E-state index in [0.717, 1.165) is 25.9 Å². The van der Waals surface area contributed by atoms with Gasteiger partial charge in [-0.05, 0) is 26.3 Å². The molecule has 0 radical (unpaired) electrons. The van der Waals surface area contributed by atoms with Crippen LogP contribution < -0.4 is 5.73 Å². The fourth-order valence-corrected chi connectivity index (χ4v) is 1.88. The zero-order chi connectivity index (χ0) is 11.5. The molecule has 0 spiro atoms. The van der Waals surface area contributed by atoms with E-state index in [2.05, 4.69) is 4.90 Å². The molecule has 1 rings (SSSR count). The average Bonchev–Trinajstić information content (AvgIpc) is 2.17. The Hall–Kier alpha value is -0.650. The molecule has 1 saturated heterocycles. The molecule has 0 aliphatic carbocycles. The molecule has 1 heterocycles. The maximum atomic E-state index is 10.9. The Bertz CT molecular complexity index is 231. The number of nitrogens with zero attached hydrogens (tertiary/aromatic N) is 1. The summed E-state index contributed by atoms with van der Waals surface area (Å²) in [5.41, 5.74) is 4.52. The zero-order valence-electron chi connectivity index (χ0n) is 9.40. The van der Waals surface area contributed by atoms with Crippen molar-refractivity contribution in [1.82, 2.24) is 4.90 Å². The summed E-state index contributed by atoms with van der Waals surface area (Å²) < 4.78 is 5.27. The van der Waals surface area contributed by atoms with Crippen LogP contribution in [0.2, 0.25) is 0 Å². The first-order valence-corrected chi connectivity index (χ1v) is 5.23. The van der Waals surface area contributed by atoms with E-state index in [9.17, 15) is 4.79 Å². The number of hydrogen-bond donors (Lipinski definition) is 2. The Morgan fingerprint density at radius 1 is 1.73 bits per heavy atom. The molecule has 0 saturated carbocycles. The van der Waals surface area contributed by atoms with Crippen LogP contribution in [0.5, 0.6) is 0 Å². The second-order valence-corrected chi connectivity index (χ2v) is 4.46. The Morgan fingerprint density at radius 3 is 2.93 bits per heavy atom. The smallest absolute Gasteiger partial charge is 0.324 e. The Labute approximate surface area is 90.2 Å². The summed E-state index contributed by atoms with van der Waals surface area (Å²) in [6.45, 7) is 3.60. The van der Waals surface area contributed by atoms with Crippen molar-refractivity contribution in [3.8, 4) is 0 Å². The molecule has 0 aromatic rings. The van der Waals surface area contributed by atoms with Crippen molar-refractivity contribution in [2.24, 2.45) is 5.73 Å². The molecule has 3 N–H and O–H groups in total. The number of piperidine rings is 1. The van der Waals surface area contributed by atoms with Crippen LogP contribution in [0.1, 0.15) is 19.8 Å². The number of aliphatic carboxylic acids is 1. The number of ether oxygens (including phenoxy) is 1. The predicted octanol–water partition coefficient (Wildman–Crippen LogP) is -0.101. The van der Waals surface area contributed by atoms with E-state index < -0.39 is 11.5 Å². The fraction of sp³-hybridized carbons (Fsp3) is 0.900. The summed E-state index contributed by atoms with van der Waals surface area (Å²) in [4.78, 5) is 12.9. The van der Waals surface area contributed by atoms with E-state index in [1.165, 1.54) is 0 Å². The van der Waals surface area contributed by atoms with Crippen molar-refractivity contribution in [2.45, 2.75) is 31.4 Å². The number of carboxylic acids is 1. The number of methoxy groups -OCH3 is 1. The Kier molecular flexibility index (Phi) is 4.07. The Balaban J connectivity index is 2.47. The van der Waals surface area contributed by atoms with Gasteiger partial charge in [0.25, 0.3) is 0 Å². The minimum Gasteiger partial charge on any atom is -0.480 e. The highest BCUT2D eigenvalue weighted by molar-refractivity contribution is 5.78. The van der Waals surface area contributed by atoms with E-state index in [4.69, 9.17) is 15.6 Å². The average molecular weight is 216 g/mol. The summed E-state index contributed by atoms with van der Waals surface area (Å²) in [5.74, 6) is -0.956. The molecule has 0 amide bonds. The molecule has 1 fully saturated rings. The highest BCUT2D eigenvalue weighted by Gasteiger charge is 2.32. The summed E-state index contributed by atoms with van der Waals surface area (Å²) in [5, 5.41) is 8.91. The number of rotatable bonds is 4. The maximum Gasteiger partial charge on any atom is 0.324 e. The molecule has 15 heavy (non-hydrogen) atoms. The summed E-state index contributed by atoms with van der Waals surface area (Å²) in [6.07, 6.45) is 2.29. The second kappa shape index (κ2) is 4.92. The lowest BCUT2D eigenvalue weighted by molar-refractivity contribution is -0.143. The van der Waals surface area contributed by atoms with E-state index in [-0.39, 0.29) is 6.10 Å². The van der Waals surface area contributed by atoms with Gasteiger partial charge in [-0.1, -0.05) is 0 Å². The van der Waals surface area contributed by atoms with Gasteiger partial charge in [0, 0.05) is 20.2 Å². The van der Waals surface area contributed by atoms with Gasteiger partial charge in [-0.3, -0.25) is 9.69 Å². The topological polar surface area (TPSA) is 75.8 Å². The highest BCUT2D eigenvalue weighted by Crippen LogP contribution is 2.14. The van der Waals surface area contributed by atoms with Crippen molar-refractivity contribution in [2.75, 3.05) is 26.7 Å². The lowest BCUT2D eigenvalue weighted by Gasteiger charge is -2.35. The molecular weight excluding hydrogens is 196 g/mol. The third-order valence-corrected chi connectivity index (χ3v) is 2.84. The van der Waals surface area contributed by atoms with Crippen molar-refractivity contribution in [3.63, 3.8) is 0 Å². The predicted molar refractivity (Wildman–Crippen MR) is 56.7 cm³/mol. The van der Waals surface area contributed by atoms with Crippen molar-refractivity contribution in [3.05, 3.63) is 0 Å². The zero-order valence-corrected chi connectivity index (χ0v) is 9.40. The van der Waals surface area contributed by atoms with Gasteiger partial charge in [0.2, 0.25) is 0 Å². The molecule has 0 aromatic heterocycles. The third-order valence-electron chi connectivity index (χ3n) is 2.84. The molecule has 88 valence electrons. The lowest BCUT2D eigenvalue weighted by atomic mass is 10.0. The summed E-state index contributed by atoms with van der Waals surface area (Å²) in [7, 11) is 1.69. The fourth-order valence-electron chi connectivity index (χ4n) is 1.88. The molecule has 5 nitrogen and oxygen atoms in total. The highest BCUT2D eigenvalue weighted by atomic mass is 16.5. The number of carboxylic acid groups (broad SMARTS) is 1. The number of carbonyl (C=O) groups is 1. The molecule has 0 aromatic carbocycles. The van der Waals surface area contributed by atoms with Gasteiger partial charge in [-0.2, -0.15) is 0 Å². The van der Waals surface area contributed by atoms with Crippen LogP contribution in [-0.4, -0.2) is 54.4 Å². The van der Waals surface area contributed by atoms with Crippen molar-refractivity contribution in [1.29, 1.82) is 0 Å². The first-order chi connectivity index (χ1) is 6.95. The minimum atomic E-state index is -1.17. The van der Waals surface area contributed by atoms with E-state index >= 15 is 0 Å². The monoisotopic (exact) mass is 216 g/mol. The molecule has 1 aliphatic heterocycles. The maximum absolute atomic E-state index is 10.9. The number of nitrogens with two attached hydrogens (primary N) is 1. The largest absolute Gasteiger partial charge is 0.480 e. The van der Waals surface area contributed by atoms with Gasteiger partial charge in [0.05, 0.1) is 6.10 Å². The number of hydrogen-bond acceptors (Lipinski definition) is 4. The van der Waals surface area contributed by atoms with Crippen molar-refractivity contribution < 1.29 is 14.6 Å². The van der Waals surface area contributed by atoms with Gasteiger partial charge in [-0.15, -0.1) is 0 Å². The van der Waals surface area contributed by atoms with Gasteiger partial charge in [0.15, 0.2) is 0 Å². The lowest BCUT2D eigenvalue weighted by Crippen LogP contribution is -2.56. The van der Waals surface area contributed by atoms with Gasteiger partial charge in [-0.25, -0.2) is 0 Å². The Morgan fingerprint density at radius 2 is 2.40 bits per heavy atom. The molecule has 2 atom stereocenters. The normalized spacial score (nSPS) is 27.3. The van der Waals surface area contributed by atoms with E-state index in [0.29, 0.717) is 6.54 Å². The van der Waals surface area contributed by atoms with Crippen LogP contribution in [0.3, 0.4) is 0 Å². The van der Waals surface area contributed by atoms with Crippen LogP contribution in [0.4, 0.5) is 0 Å². The molecule has 2 unspecified atom stereocenters. The second-order valence-electron chi connectivity index (χ2n) is 4.46. The van der Waals surface area contributed by atoms with Crippen LogP contribution >= 0.6 is 0 Å².